The summed E-state index contributed by atoms with van der Waals surface area (Å²) in [5.41, 5.74) is 16.9. The predicted octanol–water partition coefficient (Wildman–Crippen LogP) is 7.29. The fourth-order valence-corrected chi connectivity index (χ4v) is 13.6. The third-order valence-corrected chi connectivity index (χ3v) is 17.7. The van der Waals surface area contributed by atoms with E-state index in [0.29, 0.717) is 22.7 Å². The van der Waals surface area contributed by atoms with Crippen molar-refractivity contribution >= 4 is 57.9 Å². The summed E-state index contributed by atoms with van der Waals surface area (Å²) in [5.74, 6) is 0.537. The van der Waals surface area contributed by atoms with Crippen LogP contribution < -0.4 is 16.9 Å². The van der Waals surface area contributed by atoms with Gasteiger partial charge in [0.1, 0.15) is 0 Å². The van der Waals surface area contributed by atoms with Crippen LogP contribution >= 0.6 is 15.9 Å². The monoisotopic (exact) mass is 1010 g/mol. The van der Waals surface area contributed by atoms with Crippen molar-refractivity contribution in [3.05, 3.63) is 129 Å². The maximum atomic E-state index is 14.0. The summed E-state index contributed by atoms with van der Waals surface area (Å²) < 4.78 is 12.3. The minimum absolute atomic E-state index is 0.00390. The summed E-state index contributed by atoms with van der Waals surface area (Å²) >= 11 is 3.59. The van der Waals surface area contributed by atoms with Gasteiger partial charge in [0, 0.05) is 43.6 Å². The number of hydrogen-bond donors (Lipinski definition) is 4. The Labute approximate surface area is 419 Å². The first-order valence-corrected chi connectivity index (χ1v) is 24.6. The molecule has 2 saturated carbocycles. The minimum Gasteiger partial charge on any atom is -0.423 e. The van der Waals surface area contributed by atoms with Gasteiger partial charge in [-0.3, -0.25) is 19.4 Å². The third kappa shape index (κ3) is 7.32. The molecule has 4 spiro atoms. The first-order valence-electron chi connectivity index (χ1n) is 23.8. The Morgan fingerprint density at radius 1 is 0.714 bits per heavy atom. The van der Waals surface area contributed by atoms with E-state index in [9.17, 15) is 9.59 Å². The Hall–Kier alpha value is -5.88. The van der Waals surface area contributed by atoms with Crippen LogP contribution in [0.1, 0.15) is 107 Å². The average Bonchev–Trinajstić information content (AvgIpc) is 3.87. The van der Waals surface area contributed by atoms with E-state index in [4.69, 9.17) is 52.8 Å². The van der Waals surface area contributed by atoms with Gasteiger partial charge in [-0.15, -0.1) is 0 Å². The molecule has 70 heavy (non-hydrogen) atoms. The molecule has 2 unspecified atom stereocenters. The van der Waals surface area contributed by atoms with Gasteiger partial charge in [-0.25, -0.2) is 14.8 Å². The second-order valence-electron chi connectivity index (χ2n) is 20.6. The van der Waals surface area contributed by atoms with E-state index in [-0.39, 0.29) is 51.6 Å². The quantitative estimate of drug-likeness (QED) is 0.120. The molecule has 0 saturated heterocycles. The zero-order valence-electron chi connectivity index (χ0n) is 41.2. The van der Waals surface area contributed by atoms with Crippen molar-refractivity contribution in [2.24, 2.45) is 32.3 Å². The highest BCUT2D eigenvalue weighted by molar-refractivity contribution is 9.10. The van der Waals surface area contributed by atoms with Crippen LogP contribution in [0.15, 0.2) is 99.4 Å². The molecule has 4 aromatic rings. The number of methoxy groups -OCH3 is 2. The van der Waals surface area contributed by atoms with E-state index >= 15 is 0 Å². The van der Waals surface area contributed by atoms with Gasteiger partial charge in [-0.2, -0.15) is 5.26 Å². The highest BCUT2D eigenvalue weighted by Crippen LogP contribution is 2.71. The van der Waals surface area contributed by atoms with Crippen LogP contribution in [0.3, 0.4) is 0 Å². The molecule has 4 aliphatic carbocycles. The van der Waals surface area contributed by atoms with Crippen LogP contribution in [0.5, 0.6) is 0 Å². The first kappa shape index (κ1) is 50.5. The second kappa shape index (κ2) is 18.4. The van der Waals surface area contributed by atoms with Gasteiger partial charge in [-0.1, -0.05) is 92.2 Å². The van der Waals surface area contributed by atoms with Gasteiger partial charge in [-0.05, 0) is 137 Å². The summed E-state index contributed by atoms with van der Waals surface area (Å²) in [6.07, 6.45) is 7.56. The number of amides is 2. The summed E-state index contributed by atoms with van der Waals surface area (Å²) in [7, 11) is 5.49. The minimum atomic E-state index is -1.50. The van der Waals surface area contributed by atoms with Crippen molar-refractivity contribution in [1.29, 1.82) is 5.26 Å². The zero-order valence-corrected chi connectivity index (χ0v) is 42.8. The number of nitriles is 1. The van der Waals surface area contributed by atoms with Crippen LogP contribution in [0.4, 0.5) is 5.69 Å². The van der Waals surface area contributed by atoms with E-state index in [0.717, 1.165) is 83.7 Å². The summed E-state index contributed by atoms with van der Waals surface area (Å²) in [6, 6.07) is 28.3. The molecule has 2 aliphatic heterocycles. The SMILES string of the molecule is COC1CCC2(CC1)C(C)(C)c1ccc(Br)cc1C21N=C(N)N(C)C1=O.N#Cc1cccc(B(O)O)c1.[C-]#[N+]c1cccc(-c2ccc3c(c2)C2(N=C(N)N(C)C2=O)C2(CCC(OC)CC2)C3(C)C)c1. The normalized spacial score (nSPS) is 28.6. The third-order valence-electron chi connectivity index (χ3n) is 17.2. The molecule has 2 amide bonds. The number of benzene rings is 4. The molecular weight excluding hydrogens is 947 g/mol. The number of ether oxygens (including phenoxy) is 2. The smallest absolute Gasteiger partial charge is 0.423 e. The molecule has 6 N–H and O–H groups in total. The summed E-state index contributed by atoms with van der Waals surface area (Å²) in [4.78, 5) is 44.1. The van der Waals surface area contributed by atoms with Crippen LogP contribution in [-0.2, 0) is 41.0 Å². The lowest BCUT2D eigenvalue weighted by atomic mass is 9.52. The largest absolute Gasteiger partial charge is 0.488 e. The number of rotatable bonds is 4. The molecule has 0 aromatic heterocycles. The molecule has 2 atom stereocenters. The zero-order chi connectivity index (χ0) is 50.8. The number of carbonyl (C=O) groups excluding carboxylic acids is 2. The highest BCUT2D eigenvalue weighted by atomic mass is 79.9. The molecule has 2 heterocycles. The van der Waals surface area contributed by atoms with Crippen LogP contribution in [0.2, 0.25) is 0 Å². The van der Waals surface area contributed by atoms with Crippen molar-refractivity contribution in [2.45, 2.75) is 113 Å². The lowest BCUT2D eigenvalue weighted by Gasteiger charge is -2.52. The Balaban J connectivity index is 0.000000158. The number of fused-ring (bicyclic) bond motifs is 6. The molecule has 6 aliphatic rings. The highest BCUT2D eigenvalue weighted by Gasteiger charge is 2.74. The molecule has 364 valence electrons. The van der Waals surface area contributed by atoms with E-state index in [2.05, 4.69) is 84.9 Å². The van der Waals surface area contributed by atoms with E-state index in [1.807, 2.05) is 24.3 Å². The molecular formula is C54H62BBrN8O6. The lowest BCUT2D eigenvalue weighted by molar-refractivity contribution is -0.141. The number of guanidine groups is 2. The Bertz CT molecular complexity index is 2890. The molecule has 0 bridgehead atoms. The number of halogens is 1. The average molecular weight is 1010 g/mol. The van der Waals surface area contributed by atoms with Crippen molar-refractivity contribution in [2.75, 3.05) is 28.3 Å². The maximum Gasteiger partial charge on any atom is 0.488 e. The van der Waals surface area contributed by atoms with Gasteiger partial charge in [0.05, 0.1) is 30.4 Å². The van der Waals surface area contributed by atoms with Crippen molar-refractivity contribution in [3.8, 4) is 17.2 Å². The number of nitrogens with two attached hydrogens (primary N) is 2. The number of hydrogen-bond acceptors (Lipinski definition) is 11. The van der Waals surface area contributed by atoms with Gasteiger partial charge in [0.2, 0.25) is 0 Å². The first-order chi connectivity index (χ1) is 33.2. The molecule has 4 aromatic carbocycles. The van der Waals surface area contributed by atoms with Crippen molar-refractivity contribution < 1.29 is 29.1 Å². The molecule has 16 heteroatoms. The molecule has 10 rings (SSSR count). The molecule has 14 nitrogen and oxygen atoms in total. The standard InChI is InChI=1S/C27H30N4O2.C20H26BrN3O2.C7H6BNO2/c1-25(2)21-10-9-18(17-7-6-8-19(15-17)29-3)16-22(21)27(23(32)31(4)24(28)30-27)26(25)13-11-20(33-5)12-14-26;1-18(2)14-6-5-12(21)11-15(14)20(16(25)24(3)17(22)23-20)19(18)9-7-13(26-4)8-10-19;9-5-6-2-1-3-7(4-6)8(10)11/h6-10,15-16,20H,11-14H2,1-2,4-5H3,(H2,28,30);5-6,11,13H,7-10H2,1-4H3,(H2,22,23);1-4,10-11H. The van der Waals surface area contributed by atoms with Gasteiger partial charge < -0.3 is 31.0 Å². The topological polar surface area (TPSA) is 204 Å². The lowest BCUT2D eigenvalue weighted by Crippen LogP contribution is -2.56. The van der Waals surface area contributed by atoms with Gasteiger partial charge in [0.15, 0.2) is 28.7 Å². The van der Waals surface area contributed by atoms with Crippen LogP contribution in [0, 0.1) is 28.7 Å². The van der Waals surface area contributed by atoms with Crippen molar-refractivity contribution in [3.63, 3.8) is 0 Å². The van der Waals surface area contributed by atoms with Gasteiger partial charge in [0.25, 0.3) is 11.8 Å². The van der Waals surface area contributed by atoms with Crippen molar-refractivity contribution in [1.82, 2.24) is 9.80 Å². The number of nitrogens with zero attached hydrogens (tertiary/aromatic N) is 6. The predicted molar refractivity (Wildman–Crippen MR) is 275 cm³/mol. The maximum absolute atomic E-state index is 14.0. The summed E-state index contributed by atoms with van der Waals surface area (Å²) in [6.45, 7) is 16.4. The van der Waals surface area contributed by atoms with Gasteiger partial charge >= 0.3 is 7.12 Å². The Morgan fingerprint density at radius 3 is 1.63 bits per heavy atom. The van der Waals surface area contributed by atoms with Crippen LogP contribution in [-0.4, -0.2) is 91.2 Å². The Kier molecular flexibility index (Phi) is 13.3. The Morgan fingerprint density at radius 2 is 1.19 bits per heavy atom. The molecule has 2 fully saturated rings. The van der Waals surface area contributed by atoms with E-state index in [1.54, 1.807) is 52.6 Å². The van der Waals surface area contributed by atoms with Crippen LogP contribution in [0.25, 0.3) is 16.0 Å². The fourth-order valence-electron chi connectivity index (χ4n) is 13.3. The second-order valence-corrected chi connectivity index (χ2v) is 21.5. The number of aliphatic imine (C=N–C) groups is 2. The number of likely N-dealkylation sites (N-methyl/N-ethyl adjacent to an activating group) is 2. The summed E-state index contributed by atoms with van der Waals surface area (Å²) in [5, 5.41) is 25.8. The fraction of sp³-hybridized carbons (Fsp3) is 0.444. The number of carbonyl (C=O) groups is 2. The van der Waals surface area contributed by atoms with E-state index < -0.39 is 18.2 Å². The molecule has 0 radical (unpaired) electrons. The van der Waals surface area contributed by atoms with E-state index in [1.165, 1.54) is 21.4 Å².